The van der Waals surface area contributed by atoms with Gasteiger partial charge in [-0.25, -0.2) is 4.79 Å². The highest BCUT2D eigenvalue weighted by molar-refractivity contribution is 6.04. The number of carbonyl (C=O) groups excluding carboxylic acids is 2. The number of ether oxygens (including phenoxy) is 3. The van der Waals surface area contributed by atoms with E-state index in [2.05, 4.69) is 19.2 Å². The number of Topliss-reactive ketones (excluding diaryl/α,β-unsaturated/α-hetero) is 1. The number of allylic oxidation sites excluding steroid dienone is 3. The first kappa shape index (κ1) is 24.7. The molecule has 1 atom stereocenters. The fourth-order valence-corrected chi connectivity index (χ4v) is 4.90. The maximum atomic E-state index is 13.5. The van der Waals surface area contributed by atoms with Crippen LogP contribution in [0.2, 0.25) is 0 Å². The molecule has 0 amide bonds. The lowest BCUT2D eigenvalue weighted by molar-refractivity contribution is -0.140. The molecule has 1 heterocycles. The van der Waals surface area contributed by atoms with E-state index >= 15 is 0 Å². The van der Waals surface area contributed by atoms with Crippen molar-refractivity contribution in [2.45, 2.75) is 46.1 Å². The first-order chi connectivity index (χ1) is 16.8. The van der Waals surface area contributed by atoms with Crippen LogP contribution in [0.3, 0.4) is 0 Å². The Hall–Kier alpha value is -3.38. The molecule has 1 unspecified atom stereocenters. The van der Waals surface area contributed by atoms with Crippen LogP contribution in [0.1, 0.15) is 50.7 Å². The SMILES string of the molecule is COCCOC(=O)C1=C(C)NC2=C(C(=O)CC(C)(C)C2)C1c1ccccc1OCc1ccccc1. The van der Waals surface area contributed by atoms with Gasteiger partial charge in [-0.1, -0.05) is 62.4 Å². The van der Waals surface area contributed by atoms with Gasteiger partial charge in [0.25, 0.3) is 0 Å². The van der Waals surface area contributed by atoms with Gasteiger partial charge in [0, 0.05) is 36.1 Å². The van der Waals surface area contributed by atoms with E-state index in [0.717, 1.165) is 23.2 Å². The topological polar surface area (TPSA) is 73.9 Å². The number of hydrogen-bond acceptors (Lipinski definition) is 6. The third-order valence-corrected chi connectivity index (χ3v) is 6.45. The van der Waals surface area contributed by atoms with Crippen molar-refractivity contribution in [1.29, 1.82) is 0 Å². The Labute approximate surface area is 207 Å². The largest absolute Gasteiger partial charge is 0.489 e. The Morgan fingerprint density at radius 1 is 1.03 bits per heavy atom. The van der Waals surface area contributed by atoms with Crippen molar-refractivity contribution in [3.63, 3.8) is 0 Å². The van der Waals surface area contributed by atoms with Gasteiger partial charge < -0.3 is 19.5 Å². The number of esters is 1. The van der Waals surface area contributed by atoms with Crippen LogP contribution in [0.25, 0.3) is 0 Å². The van der Waals surface area contributed by atoms with Crippen molar-refractivity contribution < 1.29 is 23.8 Å². The van der Waals surface area contributed by atoms with Gasteiger partial charge in [-0.2, -0.15) is 0 Å². The summed E-state index contributed by atoms with van der Waals surface area (Å²) in [6.45, 7) is 6.87. The van der Waals surface area contributed by atoms with Gasteiger partial charge >= 0.3 is 5.97 Å². The average Bonchev–Trinajstić information content (AvgIpc) is 2.82. The first-order valence-electron chi connectivity index (χ1n) is 12.0. The van der Waals surface area contributed by atoms with Gasteiger partial charge in [-0.3, -0.25) is 4.79 Å². The summed E-state index contributed by atoms with van der Waals surface area (Å²) < 4.78 is 16.8. The standard InChI is InChI=1S/C29H33NO5/c1-19-25(28(32)34-15-14-33-4)26(27-22(30-19)16-29(2,3)17-23(27)31)21-12-8-9-13-24(21)35-18-20-10-6-5-7-11-20/h5-13,26,30H,14-18H2,1-4H3. The minimum Gasteiger partial charge on any atom is -0.489 e. The highest BCUT2D eigenvalue weighted by Gasteiger charge is 2.44. The summed E-state index contributed by atoms with van der Waals surface area (Å²) in [5.41, 5.74) is 4.29. The smallest absolute Gasteiger partial charge is 0.336 e. The molecule has 0 fully saturated rings. The van der Waals surface area contributed by atoms with E-state index < -0.39 is 11.9 Å². The second-order valence-corrected chi connectivity index (χ2v) is 9.87. The summed E-state index contributed by atoms with van der Waals surface area (Å²) in [5.74, 6) is -0.347. The lowest BCUT2D eigenvalue weighted by atomic mass is 9.68. The highest BCUT2D eigenvalue weighted by atomic mass is 16.6. The molecule has 1 N–H and O–H groups in total. The second kappa shape index (κ2) is 10.5. The van der Waals surface area contributed by atoms with Crippen molar-refractivity contribution in [3.05, 3.63) is 88.3 Å². The number of carbonyl (C=O) groups is 2. The van der Waals surface area contributed by atoms with Crippen LogP contribution >= 0.6 is 0 Å². The fraction of sp³-hybridized carbons (Fsp3) is 0.379. The minimum atomic E-state index is -0.572. The summed E-state index contributed by atoms with van der Waals surface area (Å²) >= 11 is 0. The van der Waals surface area contributed by atoms with Gasteiger partial charge in [-0.05, 0) is 30.4 Å². The third-order valence-electron chi connectivity index (χ3n) is 6.45. The molecule has 2 aliphatic rings. The molecule has 1 aliphatic heterocycles. The van der Waals surface area contributed by atoms with E-state index in [-0.39, 0.29) is 17.8 Å². The Morgan fingerprint density at radius 2 is 1.74 bits per heavy atom. The maximum Gasteiger partial charge on any atom is 0.336 e. The third kappa shape index (κ3) is 5.49. The first-order valence-corrected chi connectivity index (χ1v) is 12.0. The summed E-state index contributed by atoms with van der Waals surface area (Å²) in [5, 5.41) is 3.37. The van der Waals surface area contributed by atoms with Gasteiger partial charge in [0.15, 0.2) is 5.78 Å². The molecule has 184 valence electrons. The molecular weight excluding hydrogens is 442 g/mol. The number of hydrogen-bond donors (Lipinski definition) is 1. The Bertz CT molecular complexity index is 1160. The average molecular weight is 476 g/mol. The fourth-order valence-electron chi connectivity index (χ4n) is 4.90. The summed E-state index contributed by atoms with van der Waals surface area (Å²) in [4.78, 5) is 26.8. The molecule has 0 bridgehead atoms. The molecule has 4 rings (SSSR count). The summed E-state index contributed by atoms with van der Waals surface area (Å²) in [6.07, 6.45) is 1.14. The molecule has 0 aromatic heterocycles. The molecule has 0 saturated heterocycles. The highest BCUT2D eigenvalue weighted by Crippen LogP contribution is 2.48. The van der Waals surface area contributed by atoms with Crippen molar-refractivity contribution >= 4 is 11.8 Å². The van der Waals surface area contributed by atoms with Crippen LogP contribution in [0, 0.1) is 5.41 Å². The summed E-state index contributed by atoms with van der Waals surface area (Å²) in [7, 11) is 1.56. The number of nitrogens with one attached hydrogen (secondary N) is 1. The molecular formula is C29H33NO5. The number of rotatable bonds is 8. The molecule has 2 aromatic rings. The number of ketones is 1. The Balaban J connectivity index is 1.77. The number of para-hydroxylation sites is 1. The molecule has 0 spiro atoms. The molecule has 35 heavy (non-hydrogen) atoms. The van der Waals surface area contributed by atoms with Crippen molar-refractivity contribution in [2.75, 3.05) is 20.3 Å². The minimum absolute atomic E-state index is 0.0429. The predicted molar refractivity (Wildman–Crippen MR) is 134 cm³/mol. The van der Waals surface area contributed by atoms with Crippen LogP contribution in [0.4, 0.5) is 0 Å². The monoisotopic (exact) mass is 475 g/mol. The zero-order chi connectivity index (χ0) is 25.0. The molecule has 2 aromatic carbocycles. The van der Waals surface area contributed by atoms with Gasteiger partial charge in [-0.15, -0.1) is 0 Å². The second-order valence-electron chi connectivity index (χ2n) is 9.87. The van der Waals surface area contributed by atoms with E-state index in [0.29, 0.717) is 42.2 Å². The number of methoxy groups -OCH3 is 1. The molecule has 0 saturated carbocycles. The van der Waals surface area contributed by atoms with Gasteiger partial charge in [0.05, 0.1) is 18.1 Å². The molecule has 6 nitrogen and oxygen atoms in total. The van der Waals surface area contributed by atoms with E-state index in [1.54, 1.807) is 7.11 Å². The van der Waals surface area contributed by atoms with Crippen LogP contribution in [-0.4, -0.2) is 32.1 Å². The molecule has 6 heteroatoms. The van der Waals surface area contributed by atoms with Crippen LogP contribution < -0.4 is 10.1 Å². The predicted octanol–water partition coefficient (Wildman–Crippen LogP) is 5.06. The lowest BCUT2D eigenvalue weighted by Gasteiger charge is -2.39. The summed E-state index contributed by atoms with van der Waals surface area (Å²) in [6, 6.07) is 17.5. The zero-order valence-corrected chi connectivity index (χ0v) is 20.9. The van der Waals surface area contributed by atoms with Crippen molar-refractivity contribution in [2.24, 2.45) is 5.41 Å². The Morgan fingerprint density at radius 3 is 2.49 bits per heavy atom. The normalized spacial score (nSPS) is 19.2. The molecule has 1 aliphatic carbocycles. The maximum absolute atomic E-state index is 13.5. The van der Waals surface area contributed by atoms with Crippen LogP contribution in [0.5, 0.6) is 5.75 Å². The van der Waals surface area contributed by atoms with E-state index in [1.165, 1.54) is 0 Å². The van der Waals surface area contributed by atoms with Crippen LogP contribution in [-0.2, 0) is 25.7 Å². The van der Waals surface area contributed by atoms with E-state index in [4.69, 9.17) is 14.2 Å². The number of dihydropyridines is 1. The van der Waals surface area contributed by atoms with E-state index in [1.807, 2.05) is 61.5 Å². The van der Waals surface area contributed by atoms with Gasteiger partial charge in [0.1, 0.15) is 19.0 Å². The van der Waals surface area contributed by atoms with Gasteiger partial charge in [0.2, 0.25) is 0 Å². The lowest BCUT2D eigenvalue weighted by Crippen LogP contribution is -2.39. The Kier molecular flexibility index (Phi) is 7.41. The molecule has 0 radical (unpaired) electrons. The van der Waals surface area contributed by atoms with Crippen molar-refractivity contribution in [1.82, 2.24) is 5.32 Å². The van der Waals surface area contributed by atoms with E-state index in [9.17, 15) is 9.59 Å². The quantitative estimate of drug-likeness (QED) is 0.425. The number of benzene rings is 2. The zero-order valence-electron chi connectivity index (χ0n) is 20.9. The van der Waals surface area contributed by atoms with Crippen LogP contribution in [0.15, 0.2) is 77.1 Å². The van der Waals surface area contributed by atoms with Crippen molar-refractivity contribution in [3.8, 4) is 5.75 Å².